The van der Waals surface area contributed by atoms with Crippen molar-refractivity contribution in [2.45, 2.75) is 56.1 Å². The van der Waals surface area contributed by atoms with Crippen LogP contribution < -0.4 is 10.5 Å². The number of rotatable bonds is 8. The van der Waals surface area contributed by atoms with E-state index in [1.165, 1.54) is 4.68 Å². The van der Waals surface area contributed by atoms with Crippen molar-refractivity contribution in [3.63, 3.8) is 0 Å². The summed E-state index contributed by atoms with van der Waals surface area (Å²) in [5, 5.41) is 24.4. The van der Waals surface area contributed by atoms with Crippen LogP contribution >= 0.6 is 0 Å². The number of benzene rings is 3. The van der Waals surface area contributed by atoms with Gasteiger partial charge < -0.3 is 18.9 Å². The van der Waals surface area contributed by atoms with Crippen LogP contribution in [-0.4, -0.2) is 64.0 Å². The zero-order valence-corrected chi connectivity index (χ0v) is 27.7. The molecule has 12 heteroatoms. The molecule has 5 aromatic rings. The Kier molecular flexibility index (Phi) is 7.69. The van der Waals surface area contributed by atoms with Gasteiger partial charge in [0, 0.05) is 42.2 Å². The second kappa shape index (κ2) is 11.6. The quantitative estimate of drug-likeness (QED) is 0.187. The van der Waals surface area contributed by atoms with Gasteiger partial charge in [-0.15, -0.1) is 5.10 Å². The first kappa shape index (κ1) is 31.1. The lowest BCUT2D eigenvalue weighted by Crippen LogP contribution is -2.44. The number of aliphatic hydroxyl groups excluding tert-OH is 1. The third-order valence-corrected chi connectivity index (χ3v) is 12.4. The van der Waals surface area contributed by atoms with Gasteiger partial charge in [-0.2, -0.15) is 9.78 Å². The normalized spacial score (nSPS) is 23.1. The van der Waals surface area contributed by atoms with Gasteiger partial charge in [-0.25, -0.2) is 0 Å². The lowest BCUT2D eigenvalue weighted by molar-refractivity contribution is -0.145. The summed E-state index contributed by atoms with van der Waals surface area (Å²) in [6, 6.07) is 22.3. The first-order chi connectivity index (χ1) is 22.5. The average Bonchev–Trinajstić information content (AvgIpc) is 3.71. The van der Waals surface area contributed by atoms with E-state index < -0.39 is 31.6 Å². The SMILES string of the molecule is C[C@@H]1[C@@H]([Si](C)(C)F)[C@H](CCn2cc(C(CO)c3ccccc3)nn2)O[C@@]12C(=O)N(C)c1ccc(-n3ncc4ccccc4c3=O)cc12. The highest BCUT2D eigenvalue weighted by Gasteiger charge is 2.66. The van der Waals surface area contributed by atoms with E-state index in [1.54, 1.807) is 66.4 Å². The van der Waals surface area contributed by atoms with Gasteiger partial charge in [-0.05, 0) is 49.3 Å². The number of halogens is 1. The van der Waals surface area contributed by atoms with E-state index in [0.29, 0.717) is 41.0 Å². The molecule has 0 bridgehead atoms. The summed E-state index contributed by atoms with van der Waals surface area (Å²) in [6.07, 6.45) is 3.29. The van der Waals surface area contributed by atoms with Gasteiger partial charge in [0.15, 0.2) is 5.60 Å². The lowest BCUT2D eigenvalue weighted by Gasteiger charge is -2.31. The molecule has 0 saturated carbocycles. The second-order valence-corrected chi connectivity index (χ2v) is 16.9. The van der Waals surface area contributed by atoms with Crippen LogP contribution in [0.4, 0.5) is 9.80 Å². The van der Waals surface area contributed by atoms with Crippen molar-refractivity contribution in [3.05, 3.63) is 112 Å². The highest BCUT2D eigenvalue weighted by atomic mass is 28.4. The summed E-state index contributed by atoms with van der Waals surface area (Å²) in [7, 11) is -1.67. The predicted molar refractivity (Wildman–Crippen MR) is 179 cm³/mol. The predicted octanol–water partition coefficient (Wildman–Crippen LogP) is 4.94. The molecule has 5 atom stereocenters. The molecule has 1 saturated heterocycles. The van der Waals surface area contributed by atoms with Gasteiger partial charge in [-0.1, -0.05) is 60.7 Å². The van der Waals surface area contributed by atoms with Crippen molar-refractivity contribution in [2.24, 2.45) is 5.92 Å². The first-order valence-electron chi connectivity index (χ1n) is 15.9. The average molecular weight is 653 g/mol. The number of carbonyl (C=O) groups excluding carboxylic acids is 1. The van der Waals surface area contributed by atoms with Crippen molar-refractivity contribution in [1.29, 1.82) is 0 Å². The molecule has 7 rings (SSSR count). The smallest absolute Gasteiger partial charge is 0.279 e. The molecule has 2 aliphatic heterocycles. The maximum atomic E-state index is 16.3. The van der Waals surface area contributed by atoms with Crippen molar-refractivity contribution >= 4 is 30.8 Å². The van der Waals surface area contributed by atoms with E-state index >= 15 is 4.11 Å². The summed E-state index contributed by atoms with van der Waals surface area (Å²) in [6.45, 7) is 5.52. The number of ether oxygens (including phenoxy) is 1. The number of anilines is 1. The van der Waals surface area contributed by atoms with Crippen molar-refractivity contribution < 1.29 is 18.7 Å². The van der Waals surface area contributed by atoms with Crippen LogP contribution in [0.15, 0.2) is 90.0 Å². The molecule has 1 unspecified atom stereocenters. The Bertz CT molecular complexity index is 2030. The number of likely N-dealkylation sites (N-methyl/N-ethyl adjacent to an activating group) is 1. The molecule has 2 aliphatic rings. The van der Waals surface area contributed by atoms with Gasteiger partial charge in [0.05, 0.1) is 47.3 Å². The number of aromatic nitrogens is 5. The molecule has 242 valence electrons. The fraction of sp³-hybridized carbons (Fsp3) is 0.343. The first-order valence-corrected chi connectivity index (χ1v) is 18.8. The zero-order chi connectivity index (χ0) is 33.1. The molecule has 0 radical (unpaired) electrons. The monoisotopic (exact) mass is 652 g/mol. The minimum absolute atomic E-state index is 0.115. The largest absolute Gasteiger partial charge is 0.395 e. The molecule has 0 aliphatic carbocycles. The Balaban J connectivity index is 1.22. The summed E-state index contributed by atoms with van der Waals surface area (Å²) in [4.78, 5) is 29.2. The third-order valence-electron chi connectivity index (χ3n) is 9.96. The molecule has 10 nitrogen and oxygen atoms in total. The number of nitrogens with zero attached hydrogens (tertiary/aromatic N) is 6. The standard InChI is InChI=1S/C35H37FN6O4Si/c1-22-32(47(3,4)36)31(16-17-41-20-29(38-39-41)27(21-43)23-10-6-5-7-11-23)46-35(22)28-18-25(14-15-30(28)40(2)34(35)45)42-33(44)26-13-9-8-12-24(26)19-37-42/h5-15,18-20,22,27,31-32,43H,16-17,21H2,1-4H3/t22-,27?,31+,32-,35+/m1/s1. The fourth-order valence-electron chi connectivity index (χ4n) is 7.71. The highest BCUT2D eigenvalue weighted by molar-refractivity contribution is 6.72. The van der Waals surface area contributed by atoms with Gasteiger partial charge >= 0.3 is 0 Å². The fourth-order valence-corrected chi connectivity index (χ4v) is 10.3. The number of amides is 1. The molecule has 1 amide bonds. The van der Waals surface area contributed by atoms with E-state index in [2.05, 4.69) is 15.4 Å². The topological polar surface area (TPSA) is 115 Å². The Morgan fingerprint density at radius 3 is 2.55 bits per heavy atom. The molecular weight excluding hydrogens is 616 g/mol. The molecule has 47 heavy (non-hydrogen) atoms. The number of aryl methyl sites for hydroxylation is 1. The Hall–Kier alpha value is -4.52. The minimum Gasteiger partial charge on any atom is -0.395 e. The van der Waals surface area contributed by atoms with Crippen LogP contribution in [0.2, 0.25) is 18.6 Å². The molecule has 1 spiro atoms. The van der Waals surface area contributed by atoms with Crippen molar-refractivity contribution in [1.82, 2.24) is 24.8 Å². The van der Waals surface area contributed by atoms with Crippen LogP contribution in [0.3, 0.4) is 0 Å². The molecular formula is C35H37FN6O4Si. The van der Waals surface area contributed by atoms with E-state index in [4.69, 9.17) is 4.74 Å². The molecule has 4 heterocycles. The van der Waals surface area contributed by atoms with Gasteiger partial charge in [0.1, 0.15) is 0 Å². The van der Waals surface area contributed by atoms with Crippen LogP contribution in [0, 0.1) is 5.92 Å². The Morgan fingerprint density at radius 1 is 1.06 bits per heavy atom. The van der Waals surface area contributed by atoms with Gasteiger partial charge in [-0.3, -0.25) is 14.3 Å². The number of hydrogen-bond acceptors (Lipinski definition) is 7. The lowest BCUT2D eigenvalue weighted by atomic mass is 9.82. The van der Waals surface area contributed by atoms with Crippen molar-refractivity contribution in [3.8, 4) is 5.69 Å². The van der Waals surface area contributed by atoms with Crippen molar-refractivity contribution in [2.75, 3.05) is 18.6 Å². The third kappa shape index (κ3) is 5.02. The van der Waals surface area contributed by atoms with Gasteiger partial charge in [0.25, 0.3) is 11.5 Å². The molecule has 3 aromatic carbocycles. The summed E-state index contributed by atoms with van der Waals surface area (Å²) in [5.41, 5.74) is 1.16. The maximum absolute atomic E-state index is 16.3. The van der Waals surface area contributed by atoms with E-state index in [9.17, 15) is 14.7 Å². The van der Waals surface area contributed by atoms with Crippen LogP contribution in [0.1, 0.15) is 36.1 Å². The minimum atomic E-state index is -3.38. The van der Waals surface area contributed by atoms with Crippen LogP contribution in [0.25, 0.3) is 16.5 Å². The summed E-state index contributed by atoms with van der Waals surface area (Å²) >= 11 is 0. The number of fused-ring (bicyclic) bond motifs is 3. The number of aliphatic hydroxyl groups is 1. The number of carbonyl (C=O) groups is 1. The molecule has 1 fully saturated rings. The summed E-state index contributed by atoms with van der Waals surface area (Å²) < 4.78 is 26.1. The Morgan fingerprint density at radius 2 is 1.81 bits per heavy atom. The van der Waals surface area contributed by atoms with E-state index in [-0.39, 0.29) is 24.0 Å². The highest BCUT2D eigenvalue weighted by Crippen LogP contribution is 2.60. The zero-order valence-electron chi connectivity index (χ0n) is 26.7. The Labute approximate surface area is 272 Å². The summed E-state index contributed by atoms with van der Waals surface area (Å²) in [5.74, 6) is -1.05. The molecule has 2 aromatic heterocycles. The second-order valence-electron chi connectivity index (χ2n) is 13.1. The maximum Gasteiger partial charge on any atom is 0.279 e. The van der Waals surface area contributed by atoms with Crippen LogP contribution in [0.5, 0.6) is 0 Å². The van der Waals surface area contributed by atoms with Gasteiger partial charge in [0.2, 0.25) is 8.41 Å². The van der Waals surface area contributed by atoms with E-state index in [0.717, 1.165) is 10.9 Å². The number of hydrogen-bond donors (Lipinski definition) is 1. The van der Waals surface area contributed by atoms with E-state index in [1.807, 2.05) is 55.5 Å². The van der Waals surface area contributed by atoms with Crippen LogP contribution in [-0.2, 0) is 21.7 Å². The molecule has 1 N–H and O–H groups in total.